The maximum atomic E-state index is 13.9. The van der Waals surface area contributed by atoms with Crippen molar-refractivity contribution in [2.75, 3.05) is 33.9 Å². The lowest BCUT2D eigenvalue weighted by atomic mass is 10.0. The lowest BCUT2D eigenvalue weighted by Gasteiger charge is -2.28. The van der Waals surface area contributed by atoms with E-state index in [1.807, 2.05) is 6.07 Å². The number of carbonyl (C=O) groups excluding carboxylic acids is 4. The van der Waals surface area contributed by atoms with E-state index in [1.54, 1.807) is 44.2 Å². The van der Waals surface area contributed by atoms with E-state index >= 15 is 0 Å². The number of fused-ring (bicyclic) bond motifs is 3. The largest absolute Gasteiger partial charge is 0.496 e. The second kappa shape index (κ2) is 19.1. The minimum atomic E-state index is -4.43. The molecule has 0 saturated carbocycles. The monoisotopic (exact) mass is 778 g/mol. The molecule has 0 spiro atoms. The van der Waals surface area contributed by atoms with Crippen molar-refractivity contribution in [1.82, 2.24) is 25.6 Å². The van der Waals surface area contributed by atoms with Crippen molar-refractivity contribution in [3.8, 4) is 29.1 Å². The molecule has 17 heteroatoms. The number of ether oxygens (including phenoxy) is 3. The molecule has 0 radical (unpaired) electrons. The number of amides is 4. The summed E-state index contributed by atoms with van der Waals surface area (Å²) < 4.78 is 45.9. The molecule has 4 rings (SSSR count). The summed E-state index contributed by atoms with van der Waals surface area (Å²) in [5, 5.41) is 30.8. The molecule has 1 heterocycles. The zero-order valence-corrected chi connectivity index (χ0v) is 32.1. The first-order valence-corrected chi connectivity index (χ1v) is 19.0. The summed E-state index contributed by atoms with van der Waals surface area (Å²) in [5.74, 6) is -2.14. The zero-order chi connectivity index (χ0) is 40.3. The third kappa shape index (κ3) is 10.5. The van der Waals surface area contributed by atoms with Gasteiger partial charge in [-0.3, -0.25) is 19.2 Å². The van der Waals surface area contributed by atoms with Gasteiger partial charge in [-0.15, -0.1) is 0 Å². The Bertz CT molecular complexity index is 2030. The van der Waals surface area contributed by atoms with Gasteiger partial charge in [0.15, 0.2) is 11.5 Å². The first-order valence-electron chi connectivity index (χ1n) is 17.6. The van der Waals surface area contributed by atoms with Gasteiger partial charge in [-0.2, -0.15) is 9.57 Å². The molecule has 2 bridgehead atoms. The standard InChI is InChI=1S/C38H46N6O10S/c1-23(2)34-37(48)41-21-27-28(52-4)12-10-13-29(27)54-31-19-25(15-16-30(31)53-5)36(47)40-17-8-9-18-44(22-33(46)42-35(24(3)45)38(49)43-34)55(50,51)32-14-7-6-11-26(32)20-39/h6-7,10-16,19,23-24,34-35,45H,8-9,17-18,21-22H2,1-5H3,(H,40,47)(H,41,48)(H,42,46)(H,43,49)/t24-,34-,35+/m1/s1. The van der Waals surface area contributed by atoms with Crippen LogP contribution in [0.5, 0.6) is 23.0 Å². The van der Waals surface area contributed by atoms with Crippen LogP contribution in [0, 0.1) is 17.2 Å². The van der Waals surface area contributed by atoms with Gasteiger partial charge in [-0.25, -0.2) is 8.42 Å². The van der Waals surface area contributed by atoms with E-state index in [4.69, 9.17) is 14.2 Å². The third-order valence-electron chi connectivity index (χ3n) is 8.79. The predicted molar refractivity (Wildman–Crippen MR) is 200 cm³/mol. The number of benzene rings is 3. The van der Waals surface area contributed by atoms with Gasteiger partial charge in [0.1, 0.15) is 29.7 Å². The molecule has 1 aliphatic heterocycles. The summed E-state index contributed by atoms with van der Waals surface area (Å²) >= 11 is 0. The molecule has 294 valence electrons. The summed E-state index contributed by atoms with van der Waals surface area (Å²) in [6, 6.07) is 14.3. The highest BCUT2D eigenvalue weighted by Gasteiger charge is 2.34. The number of sulfonamides is 1. The minimum absolute atomic E-state index is 0.116. The third-order valence-corrected chi connectivity index (χ3v) is 10.7. The molecule has 0 fully saturated rings. The highest BCUT2D eigenvalue weighted by atomic mass is 32.2. The maximum absolute atomic E-state index is 13.9. The molecule has 3 aromatic carbocycles. The Morgan fingerprint density at radius 1 is 0.873 bits per heavy atom. The molecule has 3 aromatic rings. The number of nitriles is 1. The quantitative estimate of drug-likeness (QED) is 0.244. The Labute approximate surface area is 320 Å². The molecular weight excluding hydrogens is 733 g/mol. The van der Waals surface area contributed by atoms with Crippen LogP contribution in [-0.4, -0.2) is 93.5 Å². The van der Waals surface area contributed by atoms with E-state index in [0.29, 0.717) is 23.5 Å². The van der Waals surface area contributed by atoms with Gasteiger partial charge in [-0.05, 0) is 68.1 Å². The van der Waals surface area contributed by atoms with Crippen LogP contribution >= 0.6 is 0 Å². The fourth-order valence-electron chi connectivity index (χ4n) is 5.80. The van der Waals surface area contributed by atoms with Crippen molar-refractivity contribution in [1.29, 1.82) is 5.26 Å². The Morgan fingerprint density at radius 3 is 2.27 bits per heavy atom. The van der Waals surface area contributed by atoms with Gasteiger partial charge in [-0.1, -0.05) is 32.0 Å². The highest BCUT2D eigenvalue weighted by Crippen LogP contribution is 2.37. The van der Waals surface area contributed by atoms with Crippen LogP contribution in [0.1, 0.15) is 55.1 Å². The van der Waals surface area contributed by atoms with E-state index in [-0.39, 0.29) is 53.6 Å². The van der Waals surface area contributed by atoms with Gasteiger partial charge in [0.05, 0.1) is 49.4 Å². The van der Waals surface area contributed by atoms with Crippen LogP contribution < -0.4 is 35.5 Å². The van der Waals surface area contributed by atoms with E-state index in [1.165, 1.54) is 51.5 Å². The van der Waals surface area contributed by atoms with Crippen molar-refractivity contribution in [2.24, 2.45) is 5.92 Å². The van der Waals surface area contributed by atoms with Crippen molar-refractivity contribution >= 4 is 33.7 Å². The number of aliphatic hydroxyl groups is 1. The summed E-state index contributed by atoms with van der Waals surface area (Å²) in [5.41, 5.74) is 0.547. The second-order valence-corrected chi connectivity index (χ2v) is 15.0. The molecule has 0 aromatic heterocycles. The first-order chi connectivity index (χ1) is 26.2. The van der Waals surface area contributed by atoms with Crippen LogP contribution in [0.3, 0.4) is 0 Å². The second-order valence-electron chi connectivity index (χ2n) is 13.0. The molecule has 1 aliphatic rings. The summed E-state index contributed by atoms with van der Waals surface area (Å²) in [7, 11) is -1.54. The summed E-state index contributed by atoms with van der Waals surface area (Å²) in [6.45, 7) is 3.71. The molecule has 0 saturated heterocycles. The average Bonchev–Trinajstić information content (AvgIpc) is 3.16. The Kier molecular flexibility index (Phi) is 14.6. The van der Waals surface area contributed by atoms with Gasteiger partial charge < -0.3 is 40.6 Å². The van der Waals surface area contributed by atoms with Crippen LogP contribution in [0.15, 0.2) is 65.6 Å². The minimum Gasteiger partial charge on any atom is -0.496 e. The molecule has 5 N–H and O–H groups in total. The van der Waals surface area contributed by atoms with Crippen LogP contribution in [0.4, 0.5) is 0 Å². The Hall–Kier alpha value is -5.70. The zero-order valence-electron chi connectivity index (χ0n) is 31.2. The topological polar surface area (TPSA) is 225 Å². The molecule has 0 unspecified atom stereocenters. The van der Waals surface area contributed by atoms with Gasteiger partial charge in [0.2, 0.25) is 27.7 Å². The number of aliphatic hydroxyl groups excluding tert-OH is 1. The summed E-state index contributed by atoms with van der Waals surface area (Å²) in [6.07, 6.45) is -0.976. The molecule has 4 amide bonds. The van der Waals surface area contributed by atoms with Crippen molar-refractivity contribution in [3.05, 3.63) is 77.4 Å². The highest BCUT2D eigenvalue weighted by molar-refractivity contribution is 7.89. The van der Waals surface area contributed by atoms with Crippen LogP contribution in [0.2, 0.25) is 0 Å². The maximum Gasteiger partial charge on any atom is 0.251 e. The Balaban J connectivity index is 1.73. The molecule has 0 aliphatic carbocycles. The Morgan fingerprint density at radius 2 is 1.60 bits per heavy atom. The summed E-state index contributed by atoms with van der Waals surface area (Å²) in [4.78, 5) is 53.6. The van der Waals surface area contributed by atoms with Crippen molar-refractivity contribution in [2.45, 2.75) is 63.2 Å². The fraction of sp³-hybridized carbons (Fsp3) is 0.395. The predicted octanol–water partition coefficient (Wildman–Crippen LogP) is 2.20. The molecular formula is C38H46N6O10S. The van der Waals surface area contributed by atoms with Crippen molar-refractivity contribution in [3.63, 3.8) is 0 Å². The molecule has 3 atom stereocenters. The lowest BCUT2D eigenvalue weighted by Crippen LogP contribution is -2.59. The number of nitrogens with zero attached hydrogens (tertiary/aromatic N) is 2. The molecule has 16 nitrogen and oxygen atoms in total. The number of rotatable bonds is 6. The van der Waals surface area contributed by atoms with Gasteiger partial charge in [0.25, 0.3) is 5.91 Å². The number of hydrogen-bond donors (Lipinski definition) is 5. The normalized spacial score (nSPS) is 18.9. The van der Waals surface area contributed by atoms with E-state index < -0.39 is 64.3 Å². The SMILES string of the molecule is COc1ccc2cc1Oc1cccc(OC)c1CNC(=O)[C@@H](C(C)C)NC(=O)[C@H]([C@@H](C)O)NC(=O)CN(S(=O)(=O)c1ccccc1C#N)CCCCNC2=O. The lowest BCUT2D eigenvalue weighted by molar-refractivity contribution is -0.135. The van der Waals surface area contributed by atoms with E-state index in [0.717, 1.165) is 4.31 Å². The van der Waals surface area contributed by atoms with E-state index in [9.17, 15) is 38.0 Å². The fourth-order valence-corrected chi connectivity index (χ4v) is 7.37. The molecule has 55 heavy (non-hydrogen) atoms. The smallest absolute Gasteiger partial charge is 0.251 e. The number of methoxy groups -OCH3 is 2. The number of hydrogen-bond acceptors (Lipinski definition) is 11. The van der Waals surface area contributed by atoms with Gasteiger partial charge >= 0.3 is 0 Å². The van der Waals surface area contributed by atoms with Gasteiger partial charge in [0, 0.05) is 18.7 Å². The number of nitrogens with one attached hydrogen (secondary N) is 4. The number of carbonyl (C=O) groups is 4. The van der Waals surface area contributed by atoms with E-state index in [2.05, 4.69) is 21.3 Å². The van der Waals surface area contributed by atoms with Crippen molar-refractivity contribution < 1.29 is 46.9 Å². The van der Waals surface area contributed by atoms with Crippen LogP contribution in [-0.2, 0) is 31.0 Å². The van der Waals surface area contributed by atoms with Crippen LogP contribution in [0.25, 0.3) is 0 Å². The first kappa shape index (κ1) is 42.0. The average molecular weight is 779 g/mol.